The van der Waals surface area contributed by atoms with E-state index in [1.165, 1.54) is 25.2 Å². The molecule has 0 aliphatic rings. The molecule has 0 spiro atoms. The van der Waals surface area contributed by atoms with Gasteiger partial charge >= 0.3 is 5.97 Å². The number of esters is 1. The molecule has 6 nitrogen and oxygen atoms in total. The maximum Gasteiger partial charge on any atom is 0.339 e. The molecule has 17 heavy (non-hydrogen) atoms. The number of aromatic amines is 1. The molecule has 0 saturated heterocycles. The molecule has 3 N–H and O–H groups in total. The van der Waals surface area contributed by atoms with E-state index in [4.69, 9.17) is 5.73 Å². The Bertz CT molecular complexity index is 527. The predicted molar refractivity (Wildman–Crippen MR) is 62.7 cm³/mol. The van der Waals surface area contributed by atoms with Crippen molar-refractivity contribution in [1.82, 2.24) is 15.2 Å². The average Bonchev–Trinajstić information content (AvgIpc) is 2.84. The maximum absolute atomic E-state index is 11.4. The Kier molecular flexibility index (Phi) is 3.29. The summed E-state index contributed by atoms with van der Waals surface area (Å²) >= 11 is 1.30. The quantitative estimate of drug-likeness (QED) is 0.630. The van der Waals surface area contributed by atoms with E-state index in [2.05, 4.69) is 19.9 Å². The van der Waals surface area contributed by atoms with Gasteiger partial charge in [0.2, 0.25) is 0 Å². The van der Waals surface area contributed by atoms with Crippen molar-refractivity contribution in [3.63, 3.8) is 0 Å². The molecule has 2 rings (SSSR count). The van der Waals surface area contributed by atoms with Crippen molar-refractivity contribution in [3.8, 4) is 0 Å². The summed E-state index contributed by atoms with van der Waals surface area (Å²) in [7, 11) is 1.32. The Labute approximate surface area is 102 Å². The number of anilines is 1. The second-order valence-corrected chi connectivity index (χ2v) is 4.13. The van der Waals surface area contributed by atoms with Crippen molar-refractivity contribution in [1.29, 1.82) is 0 Å². The minimum Gasteiger partial charge on any atom is -0.465 e. The van der Waals surface area contributed by atoms with Crippen molar-refractivity contribution >= 4 is 23.4 Å². The second-order valence-electron chi connectivity index (χ2n) is 3.10. The third kappa shape index (κ3) is 2.39. The van der Waals surface area contributed by atoms with Gasteiger partial charge in [0.05, 0.1) is 18.4 Å². The molecule has 0 bridgehead atoms. The zero-order chi connectivity index (χ0) is 12.3. The molecule has 2 aromatic rings. The molecule has 0 fully saturated rings. The molecule has 0 aliphatic heterocycles. The monoisotopic (exact) mass is 250 g/mol. The van der Waals surface area contributed by atoms with Gasteiger partial charge in [-0.05, 0) is 23.9 Å². The molecule has 0 aliphatic carbocycles. The van der Waals surface area contributed by atoms with E-state index in [0.717, 1.165) is 4.90 Å². The summed E-state index contributed by atoms with van der Waals surface area (Å²) in [4.78, 5) is 16.1. The number of benzene rings is 1. The van der Waals surface area contributed by atoms with Crippen LogP contribution < -0.4 is 5.73 Å². The van der Waals surface area contributed by atoms with Crippen molar-refractivity contribution < 1.29 is 9.53 Å². The fourth-order valence-electron chi connectivity index (χ4n) is 1.27. The first kappa shape index (κ1) is 11.5. The van der Waals surface area contributed by atoms with Crippen LogP contribution >= 0.6 is 11.8 Å². The van der Waals surface area contributed by atoms with Gasteiger partial charge < -0.3 is 10.5 Å². The molecular formula is C10H10N4O2S. The third-order valence-electron chi connectivity index (χ3n) is 2.07. The van der Waals surface area contributed by atoms with Crippen LogP contribution in [0.2, 0.25) is 0 Å². The number of nitrogens with zero attached hydrogens (tertiary/aromatic N) is 2. The van der Waals surface area contributed by atoms with E-state index in [1.807, 2.05) is 0 Å². The van der Waals surface area contributed by atoms with E-state index < -0.39 is 5.97 Å². The molecule has 0 radical (unpaired) electrons. The van der Waals surface area contributed by atoms with Crippen LogP contribution in [0, 0.1) is 0 Å². The summed E-state index contributed by atoms with van der Waals surface area (Å²) in [6.45, 7) is 0. The molecule has 0 atom stereocenters. The fraction of sp³-hybridized carbons (Fsp3) is 0.100. The van der Waals surface area contributed by atoms with E-state index in [1.54, 1.807) is 18.2 Å². The molecular weight excluding hydrogens is 240 g/mol. The summed E-state index contributed by atoms with van der Waals surface area (Å²) in [5, 5.41) is 7.05. The number of para-hydroxylation sites is 1. The van der Waals surface area contributed by atoms with E-state index in [9.17, 15) is 4.79 Å². The summed E-state index contributed by atoms with van der Waals surface area (Å²) in [6.07, 6.45) is 1.41. The highest BCUT2D eigenvalue weighted by Crippen LogP contribution is 2.31. The van der Waals surface area contributed by atoms with Gasteiger partial charge in [0.25, 0.3) is 0 Å². The Morgan fingerprint density at radius 2 is 2.35 bits per heavy atom. The lowest BCUT2D eigenvalue weighted by atomic mass is 10.2. The third-order valence-corrected chi connectivity index (χ3v) is 3.04. The number of nitrogens with two attached hydrogens (primary N) is 1. The SMILES string of the molecule is COC(=O)c1cccc(Sc2ncn[nH]2)c1N. The summed E-state index contributed by atoms with van der Waals surface area (Å²) < 4.78 is 4.64. The number of hydrogen-bond donors (Lipinski definition) is 2. The number of nitrogens with one attached hydrogen (secondary N) is 1. The highest BCUT2D eigenvalue weighted by molar-refractivity contribution is 7.99. The van der Waals surface area contributed by atoms with Gasteiger partial charge in [0, 0.05) is 4.90 Å². The normalized spacial score (nSPS) is 10.2. The lowest BCUT2D eigenvalue weighted by Gasteiger charge is -2.07. The highest BCUT2D eigenvalue weighted by atomic mass is 32.2. The topological polar surface area (TPSA) is 93.9 Å². The van der Waals surface area contributed by atoms with Gasteiger partial charge in [-0.1, -0.05) is 6.07 Å². The van der Waals surface area contributed by atoms with E-state index in [-0.39, 0.29) is 0 Å². The molecule has 0 saturated carbocycles. The molecule has 1 aromatic heterocycles. The van der Waals surface area contributed by atoms with Crippen LogP contribution in [-0.2, 0) is 4.74 Å². The van der Waals surface area contributed by atoms with E-state index in [0.29, 0.717) is 16.4 Å². The van der Waals surface area contributed by atoms with Crippen LogP contribution in [0.5, 0.6) is 0 Å². The predicted octanol–water partition coefficient (Wildman–Crippen LogP) is 1.32. The number of hydrogen-bond acceptors (Lipinski definition) is 6. The minimum absolute atomic E-state index is 0.344. The standard InChI is InChI=1S/C10H10N4O2S/c1-16-9(15)6-3-2-4-7(8(6)11)17-10-12-5-13-14-10/h2-5H,11H2,1H3,(H,12,13,14). The second kappa shape index (κ2) is 4.88. The van der Waals surface area contributed by atoms with Gasteiger partial charge in [-0.2, -0.15) is 5.10 Å². The highest BCUT2D eigenvalue weighted by Gasteiger charge is 2.13. The molecule has 88 valence electrons. The number of carbonyl (C=O) groups is 1. The van der Waals surface area contributed by atoms with Crippen LogP contribution in [0.15, 0.2) is 34.6 Å². The first-order chi connectivity index (χ1) is 8.22. The fourth-order valence-corrected chi connectivity index (χ4v) is 2.04. The van der Waals surface area contributed by atoms with Gasteiger partial charge in [-0.15, -0.1) is 0 Å². The van der Waals surface area contributed by atoms with Crippen molar-refractivity contribution in [2.24, 2.45) is 0 Å². The molecule has 1 aromatic carbocycles. The van der Waals surface area contributed by atoms with Crippen LogP contribution in [0.1, 0.15) is 10.4 Å². The number of methoxy groups -OCH3 is 1. The Balaban J connectivity index is 2.32. The first-order valence-electron chi connectivity index (χ1n) is 4.72. The molecule has 7 heteroatoms. The van der Waals surface area contributed by atoms with Crippen LogP contribution in [-0.4, -0.2) is 28.3 Å². The van der Waals surface area contributed by atoms with Crippen molar-refractivity contribution in [3.05, 3.63) is 30.1 Å². The first-order valence-corrected chi connectivity index (χ1v) is 5.54. The smallest absolute Gasteiger partial charge is 0.339 e. The van der Waals surface area contributed by atoms with Gasteiger partial charge in [-0.25, -0.2) is 9.78 Å². The van der Waals surface area contributed by atoms with Gasteiger partial charge in [-0.3, -0.25) is 5.10 Å². The Hall–Kier alpha value is -2.02. The number of carbonyl (C=O) groups excluding carboxylic acids is 1. The average molecular weight is 250 g/mol. The number of nitrogen functional groups attached to an aromatic ring is 1. The van der Waals surface area contributed by atoms with Crippen LogP contribution in [0.3, 0.4) is 0 Å². The van der Waals surface area contributed by atoms with Crippen LogP contribution in [0.4, 0.5) is 5.69 Å². The largest absolute Gasteiger partial charge is 0.465 e. The lowest BCUT2D eigenvalue weighted by Crippen LogP contribution is -2.06. The number of rotatable bonds is 3. The maximum atomic E-state index is 11.4. The zero-order valence-corrected chi connectivity index (χ0v) is 9.82. The molecule has 0 amide bonds. The number of H-pyrrole nitrogens is 1. The summed E-state index contributed by atoms with van der Waals surface area (Å²) in [6, 6.07) is 5.15. The number of aromatic nitrogens is 3. The summed E-state index contributed by atoms with van der Waals surface area (Å²) in [5.41, 5.74) is 6.61. The zero-order valence-electron chi connectivity index (χ0n) is 9.01. The van der Waals surface area contributed by atoms with Gasteiger partial charge in [0.15, 0.2) is 5.16 Å². The lowest BCUT2D eigenvalue weighted by molar-refractivity contribution is 0.0601. The number of ether oxygens (including phenoxy) is 1. The summed E-state index contributed by atoms with van der Waals surface area (Å²) in [5.74, 6) is -0.456. The van der Waals surface area contributed by atoms with Gasteiger partial charge in [0.1, 0.15) is 6.33 Å². The van der Waals surface area contributed by atoms with Crippen molar-refractivity contribution in [2.45, 2.75) is 10.1 Å². The van der Waals surface area contributed by atoms with Crippen LogP contribution in [0.25, 0.3) is 0 Å². The molecule has 1 heterocycles. The molecule has 0 unspecified atom stereocenters. The minimum atomic E-state index is -0.456. The Morgan fingerprint density at radius 1 is 1.53 bits per heavy atom. The van der Waals surface area contributed by atoms with E-state index >= 15 is 0 Å². The van der Waals surface area contributed by atoms with Crippen molar-refractivity contribution in [2.75, 3.05) is 12.8 Å². The Morgan fingerprint density at radius 3 is 3.00 bits per heavy atom.